The van der Waals surface area contributed by atoms with Gasteiger partial charge >= 0.3 is 5.91 Å². The Kier molecular flexibility index (Phi) is 6.40. The molecular weight excluding hydrogens is 481 g/mol. The largest absolute Gasteiger partial charge is 0.497 e. The molecule has 0 radical (unpaired) electrons. The Morgan fingerprint density at radius 3 is 2.34 bits per heavy atom. The van der Waals surface area contributed by atoms with Gasteiger partial charge in [-0.1, -0.05) is 0 Å². The van der Waals surface area contributed by atoms with Crippen LogP contribution in [0.4, 0.5) is 11.4 Å². The van der Waals surface area contributed by atoms with E-state index in [1.165, 1.54) is 0 Å². The number of carbonyl (C=O) groups excluding carboxylic acids is 1. The minimum atomic E-state index is -1.32. The molecule has 4 N–H and O–H groups in total. The Hall–Kier alpha value is -2.23. The van der Waals surface area contributed by atoms with Gasteiger partial charge in [-0.2, -0.15) is 0 Å². The second-order valence-corrected chi connectivity index (χ2v) is 8.67. The molecule has 0 aromatic heterocycles. The van der Waals surface area contributed by atoms with Crippen LogP contribution in [0.5, 0.6) is 5.75 Å². The van der Waals surface area contributed by atoms with Crippen molar-refractivity contribution in [2.24, 2.45) is 0 Å². The van der Waals surface area contributed by atoms with Gasteiger partial charge in [0.25, 0.3) is 0 Å². The fourth-order valence-electron chi connectivity index (χ4n) is 3.25. The molecule has 6 nitrogen and oxygen atoms in total. The number of anilines is 1. The van der Waals surface area contributed by atoms with Crippen LogP contribution in [0, 0.1) is 8.98 Å². The smallest absolute Gasteiger partial charge is 0.312 e. The maximum absolute atomic E-state index is 13.4. The molecule has 3 rings (SSSR count). The van der Waals surface area contributed by atoms with Crippen molar-refractivity contribution in [3.05, 3.63) is 63.4 Å². The Balaban J connectivity index is 2.00. The van der Waals surface area contributed by atoms with Crippen LogP contribution in [0.25, 0.3) is 0 Å². The fourth-order valence-corrected chi connectivity index (χ4v) is 3.61. The second-order valence-electron chi connectivity index (χ2n) is 7.43. The van der Waals surface area contributed by atoms with Crippen LogP contribution in [0.3, 0.4) is 0 Å². The SMILES string of the molecule is COc1ccc([NH2+]C2=C(C(=N)C(C)(C)O)CCN(c3ccc(I)cc3)C2=O)cc1. The lowest BCUT2D eigenvalue weighted by Gasteiger charge is -2.31. The molecule has 1 aliphatic rings. The van der Waals surface area contributed by atoms with Crippen molar-refractivity contribution in [2.45, 2.75) is 25.9 Å². The molecule has 0 bridgehead atoms. The van der Waals surface area contributed by atoms with E-state index < -0.39 is 5.60 Å². The maximum atomic E-state index is 13.4. The quantitative estimate of drug-likeness (QED) is 0.320. The van der Waals surface area contributed by atoms with Crippen LogP contribution in [0.2, 0.25) is 0 Å². The number of ether oxygens (including phenoxy) is 1. The number of carbonyl (C=O) groups is 1. The van der Waals surface area contributed by atoms with Gasteiger partial charge in [0.2, 0.25) is 5.70 Å². The predicted octanol–water partition coefficient (Wildman–Crippen LogP) is 2.98. The average Bonchev–Trinajstić information content (AvgIpc) is 2.69. The number of hydrogen-bond acceptors (Lipinski definition) is 4. The summed E-state index contributed by atoms with van der Waals surface area (Å²) in [6, 6.07) is 15.2. The number of rotatable bonds is 6. The molecule has 152 valence electrons. The van der Waals surface area contributed by atoms with Crippen LogP contribution >= 0.6 is 22.6 Å². The number of nitrogens with one attached hydrogen (secondary N) is 1. The number of nitrogens with two attached hydrogens (primary N) is 1. The third kappa shape index (κ3) is 4.85. The van der Waals surface area contributed by atoms with Gasteiger partial charge in [0.1, 0.15) is 17.0 Å². The minimum Gasteiger partial charge on any atom is -0.497 e. The van der Waals surface area contributed by atoms with Crippen molar-refractivity contribution in [1.29, 1.82) is 5.41 Å². The molecule has 0 unspecified atom stereocenters. The number of quaternary nitrogens is 1. The van der Waals surface area contributed by atoms with Crippen molar-refractivity contribution >= 4 is 45.6 Å². The van der Waals surface area contributed by atoms with Gasteiger partial charge < -0.3 is 20.2 Å². The molecule has 0 fully saturated rings. The summed E-state index contributed by atoms with van der Waals surface area (Å²) in [5.41, 5.74) is 1.43. The number of methoxy groups -OCH3 is 1. The zero-order valence-corrected chi connectivity index (χ0v) is 18.9. The van der Waals surface area contributed by atoms with Gasteiger partial charge in [-0.05, 0) is 79.3 Å². The lowest BCUT2D eigenvalue weighted by atomic mass is 9.89. The van der Waals surface area contributed by atoms with Crippen LogP contribution in [0.15, 0.2) is 59.8 Å². The lowest BCUT2D eigenvalue weighted by molar-refractivity contribution is -0.512. The molecule has 1 amide bonds. The first-order chi connectivity index (χ1) is 13.7. The molecule has 1 heterocycles. The summed E-state index contributed by atoms with van der Waals surface area (Å²) in [6.07, 6.45) is 0.503. The van der Waals surface area contributed by atoms with E-state index in [0.29, 0.717) is 24.2 Å². The molecule has 7 heteroatoms. The van der Waals surface area contributed by atoms with E-state index in [1.54, 1.807) is 31.2 Å². The third-order valence-corrected chi connectivity index (χ3v) is 5.58. The molecule has 0 saturated carbocycles. The molecule has 2 aromatic rings. The van der Waals surface area contributed by atoms with Crippen molar-refractivity contribution < 1.29 is 20.0 Å². The molecule has 2 aromatic carbocycles. The van der Waals surface area contributed by atoms with Gasteiger partial charge in [-0.25, -0.2) is 0 Å². The summed E-state index contributed by atoms with van der Waals surface area (Å²) in [5, 5.41) is 20.6. The number of hydrogen-bond donors (Lipinski definition) is 3. The molecular formula is C22H25IN3O3+. The van der Waals surface area contributed by atoms with Gasteiger partial charge in [0.15, 0.2) is 0 Å². The van der Waals surface area contributed by atoms with Gasteiger partial charge in [-0.15, -0.1) is 0 Å². The maximum Gasteiger partial charge on any atom is 0.312 e. The number of benzene rings is 2. The molecule has 0 aliphatic carbocycles. The van der Waals surface area contributed by atoms with Crippen LogP contribution < -0.4 is 15.0 Å². The predicted molar refractivity (Wildman–Crippen MR) is 122 cm³/mol. The Morgan fingerprint density at radius 2 is 1.79 bits per heavy atom. The molecule has 0 atom stereocenters. The van der Waals surface area contributed by atoms with Gasteiger partial charge in [-0.3, -0.25) is 10.1 Å². The number of nitrogens with zero attached hydrogens (tertiary/aromatic N) is 1. The highest BCUT2D eigenvalue weighted by Gasteiger charge is 2.37. The topological polar surface area (TPSA) is 90.2 Å². The Labute approximate surface area is 184 Å². The van der Waals surface area contributed by atoms with E-state index in [0.717, 1.165) is 20.7 Å². The van der Waals surface area contributed by atoms with Gasteiger partial charge in [0, 0.05) is 33.5 Å². The van der Waals surface area contributed by atoms with Crippen LogP contribution in [-0.2, 0) is 4.79 Å². The van der Waals surface area contributed by atoms with E-state index >= 15 is 0 Å². The molecule has 0 spiro atoms. The highest BCUT2D eigenvalue weighted by Crippen LogP contribution is 2.27. The first-order valence-corrected chi connectivity index (χ1v) is 10.4. The summed E-state index contributed by atoms with van der Waals surface area (Å²) < 4.78 is 6.30. The molecule has 29 heavy (non-hydrogen) atoms. The van der Waals surface area contributed by atoms with E-state index in [1.807, 2.05) is 48.5 Å². The Bertz CT molecular complexity index is 945. The van der Waals surface area contributed by atoms with Crippen LogP contribution in [0.1, 0.15) is 20.3 Å². The summed E-state index contributed by atoms with van der Waals surface area (Å²) in [6.45, 7) is 3.61. The number of halogens is 1. The Morgan fingerprint density at radius 1 is 1.17 bits per heavy atom. The summed E-state index contributed by atoms with van der Waals surface area (Å²) in [5.74, 6) is 0.563. The van der Waals surface area contributed by atoms with Crippen LogP contribution in [-0.4, -0.2) is 36.0 Å². The first-order valence-electron chi connectivity index (χ1n) is 9.32. The summed E-state index contributed by atoms with van der Waals surface area (Å²) in [7, 11) is 1.60. The zero-order valence-electron chi connectivity index (χ0n) is 16.7. The average molecular weight is 506 g/mol. The van der Waals surface area contributed by atoms with Crippen molar-refractivity contribution in [1.82, 2.24) is 0 Å². The van der Waals surface area contributed by atoms with Gasteiger partial charge in [0.05, 0.1) is 12.8 Å². The normalized spacial score (nSPS) is 14.9. The number of aliphatic hydroxyl groups is 1. The lowest BCUT2D eigenvalue weighted by Crippen LogP contribution is -2.80. The molecule has 0 saturated heterocycles. The highest BCUT2D eigenvalue weighted by molar-refractivity contribution is 14.1. The first kappa shape index (κ1) is 21.5. The highest BCUT2D eigenvalue weighted by atomic mass is 127. The third-order valence-electron chi connectivity index (χ3n) is 4.86. The molecule has 1 aliphatic heterocycles. The number of amides is 1. The monoisotopic (exact) mass is 506 g/mol. The van der Waals surface area contributed by atoms with E-state index in [-0.39, 0.29) is 11.6 Å². The van der Waals surface area contributed by atoms with E-state index in [2.05, 4.69) is 22.6 Å². The van der Waals surface area contributed by atoms with E-state index in [4.69, 9.17) is 10.1 Å². The van der Waals surface area contributed by atoms with Crippen molar-refractivity contribution in [3.63, 3.8) is 0 Å². The summed E-state index contributed by atoms with van der Waals surface area (Å²) >= 11 is 2.23. The van der Waals surface area contributed by atoms with Crippen molar-refractivity contribution in [2.75, 3.05) is 18.6 Å². The summed E-state index contributed by atoms with van der Waals surface area (Å²) in [4.78, 5) is 15.1. The zero-order chi connectivity index (χ0) is 21.2. The standard InChI is InChI=1S/C22H24IN3O3/c1-22(2,28)20(24)18-12-13-26(16-8-4-14(23)5-9-16)21(27)19(18)25-15-6-10-17(29-3)11-7-15/h4-11,24-25,28H,12-13H2,1-3H3/p+1. The fraction of sp³-hybridized carbons (Fsp3) is 0.273. The van der Waals surface area contributed by atoms with Crippen molar-refractivity contribution in [3.8, 4) is 5.75 Å². The minimum absolute atomic E-state index is 0.0767. The van der Waals surface area contributed by atoms with E-state index in [9.17, 15) is 9.90 Å². The second kappa shape index (κ2) is 8.64.